The molecule has 0 bridgehead atoms. The highest BCUT2D eigenvalue weighted by molar-refractivity contribution is 7.72. The van der Waals surface area contributed by atoms with Gasteiger partial charge in [0.05, 0.1) is 22.9 Å². The summed E-state index contributed by atoms with van der Waals surface area (Å²) in [5.74, 6) is -0.840. The third-order valence-electron chi connectivity index (χ3n) is 5.72. The summed E-state index contributed by atoms with van der Waals surface area (Å²) in [6.45, 7) is 0.899. The van der Waals surface area contributed by atoms with E-state index in [1.54, 1.807) is 11.0 Å². The van der Waals surface area contributed by atoms with E-state index < -0.39 is 16.5 Å². The van der Waals surface area contributed by atoms with Crippen LogP contribution in [0.25, 0.3) is 0 Å². The van der Waals surface area contributed by atoms with E-state index in [-0.39, 0.29) is 51.2 Å². The number of benzene rings is 2. The SMILES string of the molecule is N#Cc1cccc2c1C(=O)c1ccc(C(=O)N3CCC(C[SH](=O)=O)CC3)cc1C2=O. The number of amides is 1. The molecule has 0 spiro atoms. The molecule has 7 nitrogen and oxygen atoms in total. The molecule has 30 heavy (non-hydrogen) atoms. The van der Waals surface area contributed by atoms with Gasteiger partial charge < -0.3 is 4.90 Å². The lowest BCUT2D eigenvalue weighted by Gasteiger charge is -2.31. The monoisotopic (exact) mass is 422 g/mol. The number of likely N-dealkylation sites (tertiary alicyclic amines) is 1. The van der Waals surface area contributed by atoms with Crippen LogP contribution in [-0.2, 0) is 10.7 Å². The minimum Gasteiger partial charge on any atom is -0.339 e. The lowest BCUT2D eigenvalue weighted by molar-refractivity contribution is 0.0698. The first-order chi connectivity index (χ1) is 14.4. The van der Waals surface area contributed by atoms with E-state index in [0.717, 1.165) is 0 Å². The minimum atomic E-state index is -2.43. The lowest BCUT2D eigenvalue weighted by atomic mass is 9.81. The fourth-order valence-electron chi connectivity index (χ4n) is 4.13. The molecule has 1 fully saturated rings. The molecule has 0 saturated carbocycles. The average molecular weight is 422 g/mol. The molecular formula is C22H18N2O5S. The van der Waals surface area contributed by atoms with Crippen molar-refractivity contribution in [2.45, 2.75) is 12.8 Å². The van der Waals surface area contributed by atoms with Crippen molar-refractivity contribution in [2.24, 2.45) is 5.92 Å². The molecule has 0 N–H and O–H groups in total. The van der Waals surface area contributed by atoms with E-state index in [9.17, 15) is 28.1 Å². The summed E-state index contributed by atoms with van der Waals surface area (Å²) in [5, 5.41) is 9.28. The Morgan fingerprint density at radius 1 is 1.03 bits per heavy atom. The molecule has 1 amide bonds. The van der Waals surface area contributed by atoms with Crippen LogP contribution < -0.4 is 0 Å². The third-order valence-corrected chi connectivity index (χ3v) is 6.54. The fraction of sp³-hybridized carbons (Fsp3) is 0.273. The average Bonchev–Trinajstić information content (AvgIpc) is 2.76. The molecule has 8 heteroatoms. The highest BCUT2D eigenvalue weighted by atomic mass is 32.2. The van der Waals surface area contributed by atoms with Gasteiger partial charge in [0.15, 0.2) is 11.6 Å². The molecule has 2 aromatic rings. The maximum absolute atomic E-state index is 13.0. The van der Waals surface area contributed by atoms with Crippen molar-refractivity contribution in [1.29, 1.82) is 5.26 Å². The summed E-state index contributed by atoms with van der Waals surface area (Å²) in [6.07, 6.45) is 1.23. The Bertz CT molecular complexity index is 1190. The van der Waals surface area contributed by atoms with E-state index in [1.165, 1.54) is 30.3 Å². The Labute approximate surface area is 174 Å². The van der Waals surface area contributed by atoms with Gasteiger partial charge in [-0.05, 0) is 43.0 Å². The molecule has 2 aliphatic rings. The van der Waals surface area contributed by atoms with Gasteiger partial charge in [-0.25, -0.2) is 8.42 Å². The van der Waals surface area contributed by atoms with Crippen LogP contribution in [0.4, 0.5) is 0 Å². The Morgan fingerprint density at radius 3 is 2.43 bits per heavy atom. The molecule has 2 aromatic carbocycles. The number of nitrogens with zero attached hydrogens (tertiary/aromatic N) is 2. The normalized spacial score (nSPS) is 16.2. The minimum absolute atomic E-state index is 0.0590. The van der Waals surface area contributed by atoms with Crippen molar-refractivity contribution in [3.05, 3.63) is 69.8 Å². The number of fused-ring (bicyclic) bond motifs is 2. The zero-order valence-corrected chi connectivity index (χ0v) is 16.9. The molecule has 0 radical (unpaired) electrons. The highest BCUT2D eigenvalue weighted by Crippen LogP contribution is 2.30. The number of rotatable bonds is 3. The largest absolute Gasteiger partial charge is 0.339 e. The molecule has 152 valence electrons. The van der Waals surface area contributed by atoms with E-state index in [1.807, 2.05) is 6.07 Å². The standard InChI is InChI=1S/C22H18N2O5S/c23-11-15-2-1-3-17-19(15)21(26)16-5-4-14(10-18(16)20(17)25)22(27)24-8-6-13(7-9-24)12-30(28)29/h1-5,10,13,30H,6-9,12H2. The zero-order chi connectivity index (χ0) is 21.4. The number of hydrogen-bond donors (Lipinski definition) is 1. The van der Waals surface area contributed by atoms with Gasteiger partial charge in [-0.15, -0.1) is 0 Å². The number of carbonyl (C=O) groups is 3. The molecule has 1 heterocycles. The smallest absolute Gasteiger partial charge is 0.253 e. The van der Waals surface area contributed by atoms with Gasteiger partial charge in [0.25, 0.3) is 5.91 Å². The van der Waals surface area contributed by atoms with Gasteiger partial charge in [0.1, 0.15) is 10.7 Å². The van der Waals surface area contributed by atoms with E-state index >= 15 is 0 Å². The topological polar surface area (TPSA) is 112 Å². The van der Waals surface area contributed by atoms with Crippen LogP contribution in [0.15, 0.2) is 36.4 Å². The highest BCUT2D eigenvalue weighted by Gasteiger charge is 2.33. The first-order valence-corrected chi connectivity index (χ1v) is 10.9. The molecular weight excluding hydrogens is 404 g/mol. The Morgan fingerprint density at radius 2 is 1.77 bits per heavy atom. The predicted molar refractivity (Wildman–Crippen MR) is 108 cm³/mol. The Balaban J connectivity index is 1.61. The zero-order valence-electron chi connectivity index (χ0n) is 16.0. The van der Waals surface area contributed by atoms with Crippen LogP contribution in [-0.4, -0.2) is 49.6 Å². The number of hydrogen-bond acceptors (Lipinski definition) is 6. The van der Waals surface area contributed by atoms with Crippen molar-refractivity contribution >= 4 is 28.2 Å². The number of piperidine rings is 1. The third kappa shape index (κ3) is 3.42. The summed E-state index contributed by atoms with van der Waals surface area (Å²) < 4.78 is 21.8. The van der Waals surface area contributed by atoms with Gasteiger partial charge in [0.2, 0.25) is 0 Å². The second-order valence-corrected chi connectivity index (χ2v) is 8.54. The molecule has 1 aliphatic heterocycles. The number of ketones is 2. The number of thiol groups is 1. The number of nitriles is 1. The first-order valence-electron chi connectivity index (χ1n) is 9.58. The van der Waals surface area contributed by atoms with Gasteiger partial charge in [-0.2, -0.15) is 5.26 Å². The summed E-state index contributed by atoms with van der Waals surface area (Å²) in [6, 6.07) is 11.0. The maximum atomic E-state index is 13.0. The lowest BCUT2D eigenvalue weighted by Crippen LogP contribution is -2.39. The first kappa shape index (κ1) is 20.0. The predicted octanol–water partition coefficient (Wildman–Crippen LogP) is 1.80. The maximum Gasteiger partial charge on any atom is 0.253 e. The fourth-order valence-corrected chi connectivity index (χ4v) is 4.92. The quantitative estimate of drug-likeness (QED) is 0.644. The Kier molecular flexibility index (Phi) is 5.22. The van der Waals surface area contributed by atoms with E-state index in [4.69, 9.17) is 0 Å². The van der Waals surface area contributed by atoms with Crippen LogP contribution in [0.5, 0.6) is 0 Å². The molecule has 0 unspecified atom stereocenters. The van der Waals surface area contributed by atoms with Crippen molar-refractivity contribution in [1.82, 2.24) is 4.90 Å². The van der Waals surface area contributed by atoms with Crippen molar-refractivity contribution in [2.75, 3.05) is 18.8 Å². The summed E-state index contributed by atoms with van der Waals surface area (Å²) in [7, 11) is -2.43. The van der Waals surface area contributed by atoms with Crippen molar-refractivity contribution in [3.63, 3.8) is 0 Å². The summed E-state index contributed by atoms with van der Waals surface area (Å²) in [4.78, 5) is 40.4. The van der Waals surface area contributed by atoms with Crippen LogP contribution in [0.2, 0.25) is 0 Å². The van der Waals surface area contributed by atoms with Crippen molar-refractivity contribution in [3.8, 4) is 6.07 Å². The summed E-state index contributed by atoms with van der Waals surface area (Å²) >= 11 is 0. The summed E-state index contributed by atoms with van der Waals surface area (Å²) in [5.41, 5.74) is 1.08. The molecule has 0 aromatic heterocycles. The van der Waals surface area contributed by atoms with Crippen LogP contribution in [0.1, 0.15) is 60.6 Å². The second-order valence-electron chi connectivity index (χ2n) is 7.51. The van der Waals surface area contributed by atoms with Gasteiger partial charge >= 0.3 is 0 Å². The van der Waals surface area contributed by atoms with Crippen LogP contribution >= 0.6 is 0 Å². The van der Waals surface area contributed by atoms with Gasteiger partial charge in [0, 0.05) is 35.3 Å². The number of carbonyl (C=O) groups excluding carboxylic acids is 3. The van der Waals surface area contributed by atoms with Crippen molar-refractivity contribution < 1.29 is 22.8 Å². The van der Waals surface area contributed by atoms with Gasteiger partial charge in [-0.1, -0.05) is 12.1 Å². The molecule has 0 atom stereocenters. The van der Waals surface area contributed by atoms with E-state index in [0.29, 0.717) is 31.5 Å². The molecule has 1 aliphatic carbocycles. The molecule has 4 rings (SSSR count). The molecule has 1 saturated heterocycles. The Hall–Kier alpha value is -3.31. The van der Waals surface area contributed by atoms with Gasteiger partial charge in [-0.3, -0.25) is 14.4 Å². The van der Waals surface area contributed by atoms with E-state index in [2.05, 4.69) is 0 Å². The van der Waals surface area contributed by atoms with Crippen LogP contribution in [0, 0.1) is 17.2 Å². The van der Waals surface area contributed by atoms with Crippen LogP contribution in [0.3, 0.4) is 0 Å². The second kappa shape index (κ2) is 7.84.